The first kappa shape index (κ1) is 11.6. The topological polar surface area (TPSA) is 55.1 Å². The molecule has 0 bridgehead atoms. The number of aryl methyl sites for hydroxylation is 1. The smallest absolute Gasteiger partial charge is 0.303 e. The van der Waals surface area contributed by atoms with E-state index in [0.717, 1.165) is 5.39 Å². The van der Waals surface area contributed by atoms with Crippen LogP contribution in [0.1, 0.15) is 24.8 Å². The molecule has 90 valence electrons. The molecule has 0 aliphatic heterocycles. The number of hydrogen-bond donors (Lipinski definition) is 1. The molecule has 17 heavy (non-hydrogen) atoms. The number of halogens is 1. The van der Waals surface area contributed by atoms with Crippen LogP contribution in [0.25, 0.3) is 10.9 Å². The number of fused-ring (bicyclic) bond motifs is 1. The highest BCUT2D eigenvalue weighted by Gasteiger charge is 2.16. The van der Waals surface area contributed by atoms with E-state index in [1.54, 1.807) is 30.9 Å². The van der Waals surface area contributed by atoms with E-state index in [1.165, 1.54) is 6.07 Å². The van der Waals surface area contributed by atoms with E-state index in [-0.39, 0.29) is 18.2 Å². The lowest BCUT2D eigenvalue weighted by Crippen LogP contribution is -2.05. The standard InChI is InChI=1S/C12H13FN2O2/c1-7(3-12(16)17)9-4-8-6-14-15(2)11(8)5-10(9)13/h4-7H,3H2,1-2H3,(H,16,17). The maximum Gasteiger partial charge on any atom is 0.303 e. The van der Waals surface area contributed by atoms with Crippen molar-refractivity contribution in [3.8, 4) is 0 Å². The fourth-order valence-electron chi connectivity index (χ4n) is 1.94. The molecule has 2 rings (SSSR count). The molecular weight excluding hydrogens is 223 g/mol. The summed E-state index contributed by atoms with van der Waals surface area (Å²) in [6.07, 6.45) is 1.56. The van der Waals surface area contributed by atoms with Gasteiger partial charge < -0.3 is 5.11 Å². The molecule has 1 unspecified atom stereocenters. The van der Waals surface area contributed by atoms with Crippen LogP contribution in [0.4, 0.5) is 4.39 Å². The van der Waals surface area contributed by atoms with Crippen molar-refractivity contribution in [2.45, 2.75) is 19.3 Å². The van der Waals surface area contributed by atoms with Crippen LogP contribution in [0.2, 0.25) is 0 Å². The van der Waals surface area contributed by atoms with Crippen molar-refractivity contribution in [1.29, 1.82) is 0 Å². The van der Waals surface area contributed by atoms with Crippen LogP contribution in [0.15, 0.2) is 18.3 Å². The second-order valence-electron chi connectivity index (χ2n) is 4.20. The van der Waals surface area contributed by atoms with Gasteiger partial charge in [-0.3, -0.25) is 9.48 Å². The molecule has 1 atom stereocenters. The summed E-state index contributed by atoms with van der Waals surface area (Å²) in [4.78, 5) is 10.6. The molecule has 0 saturated heterocycles. The molecule has 1 aromatic heterocycles. The second-order valence-corrected chi connectivity index (χ2v) is 4.20. The van der Waals surface area contributed by atoms with Gasteiger partial charge in [-0.15, -0.1) is 0 Å². The van der Waals surface area contributed by atoms with Crippen LogP contribution in [0.3, 0.4) is 0 Å². The molecule has 4 nitrogen and oxygen atoms in total. The predicted molar refractivity (Wildman–Crippen MR) is 61.3 cm³/mol. The summed E-state index contributed by atoms with van der Waals surface area (Å²) in [5.41, 5.74) is 1.13. The predicted octanol–water partition coefficient (Wildman–Crippen LogP) is 2.29. The summed E-state index contributed by atoms with van der Waals surface area (Å²) < 4.78 is 15.4. The number of aliphatic carboxylic acids is 1. The maximum atomic E-state index is 13.8. The first-order valence-corrected chi connectivity index (χ1v) is 5.32. The second kappa shape index (κ2) is 4.16. The van der Waals surface area contributed by atoms with Crippen LogP contribution < -0.4 is 0 Å². The van der Waals surface area contributed by atoms with E-state index in [4.69, 9.17) is 5.11 Å². The zero-order valence-corrected chi connectivity index (χ0v) is 9.64. The van der Waals surface area contributed by atoms with Gasteiger partial charge in [0.25, 0.3) is 0 Å². The highest BCUT2D eigenvalue weighted by molar-refractivity contribution is 5.80. The highest BCUT2D eigenvalue weighted by Crippen LogP contribution is 2.26. The van der Waals surface area contributed by atoms with Gasteiger partial charge in [0.15, 0.2) is 0 Å². The minimum atomic E-state index is -0.928. The fourth-order valence-corrected chi connectivity index (χ4v) is 1.94. The van der Waals surface area contributed by atoms with Gasteiger partial charge in [0.1, 0.15) is 5.82 Å². The molecule has 1 aromatic carbocycles. The maximum absolute atomic E-state index is 13.8. The average Bonchev–Trinajstić information content (AvgIpc) is 2.58. The van der Waals surface area contributed by atoms with Crippen molar-refractivity contribution < 1.29 is 14.3 Å². The first-order valence-electron chi connectivity index (χ1n) is 5.32. The summed E-state index contributed by atoms with van der Waals surface area (Å²) in [5, 5.41) is 13.6. The Morgan fingerprint density at radius 1 is 1.59 bits per heavy atom. The quantitative estimate of drug-likeness (QED) is 0.889. The van der Waals surface area contributed by atoms with Gasteiger partial charge in [-0.25, -0.2) is 4.39 Å². The van der Waals surface area contributed by atoms with E-state index in [9.17, 15) is 9.18 Å². The number of carbonyl (C=O) groups is 1. The third-order valence-corrected chi connectivity index (χ3v) is 2.88. The third-order valence-electron chi connectivity index (χ3n) is 2.88. The summed E-state index contributed by atoms with van der Waals surface area (Å²) in [7, 11) is 1.74. The number of carboxylic acid groups (broad SMARTS) is 1. The van der Waals surface area contributed by atoms with E-state index in [2.05, 4.69) is 5.10 Å². The summed E-state index contributed by atoms with van der Waals surface area (Å²) in [6.45, 7) is 1.70. The fraction of sp³-hybridized carbons (Fsp3) is 0.333. The van der Waals surface area contributed by atoms with Crippen molar-refractivity contribution in [3.05, 3.63) is 29.7 Å². The molecule has 0 saturated carbocycles. The summed E-state index contributed by atoms with van der Waals surface area (Å²) in [6, 6.07) is 3.07. The minimum Gasteiger partial charge on any atom is -0.481 e. The van der Waals surface area contributed by atoms with Gasteiger partial charge in [0, 0.05) is 18.5 Å². The molecule has 0 aliphatic rings. The van der Waals surface area contributed by atoms with Crippen LogP contribution in [-0.4, -0.2) is 20.9 Å². The number of nitrogens with zero attached hydrogens (tertiary/aromatic N) is 2. The first-order chi connectivity index (χ1) is 7.99. The molecule has 0 radical (unpaired) electrons. The number of benzene rings is 1. The zero-order chi connectivity index (χ0) is 12.6. The molecule has 0 spiro atoms. The van der Waals surface area contributed by atoms with Crippen LogP contribution in [-0.2, 0) is 11.8 Å². The highest BCUT2D eigenvalue weighted by atomic mass is 19.1. The largest absolute Gasteiger partial charge is 0.481 e. The SMILES string of the molecule is CC(CC(=O)O)c1cc2cnn(C)c2cc1F. The third kappa shape index (κ3) is 2.13. The van der Waals surface area contributed by atoms with E-state index in [0.29, 0.717) is 11.1 Å². The zero-order valence-electron chi connectivity index (χ0n) is 9.64. The lowest BCUT2D eigenvalue weighted by atomic mass is 9.96. The van der Waals surface area contributed by atoms with Gasteiger partial charge in [0.05, 0.1) is 18.1 Å². The Balaban J connectivity index is 2.47. The average molecular weight is 236 g/mol. The Kier molecular flexibility index (Phi) is 2.83. The lowest BCUT2D eigenvalue weighted by molar-refractivity contribution is -0.137. The van der Waals surface area contributed by atoms with Crippen molar-refractivity contribution in [1.82, 2.24) is 9.78 Å². The number of rotatable bonds is 3. The van der Waals surface area contributed by atoms with E-state index < -0.39 is 5.97 Å². The molecule has 5 heteroatoms. The molecular formula is C12H13FN2O2. The summed E-state index contributed by atoms with van der Waals surface area (Å²) >= 11 is 0. The van der Waals surface area contributed by atoms with Gasteiger partial charge in [-0.1, -0.05) is 6.92 Å². The Morgan fingerprint density at radius 3 is 2.94 bits per heavy atom. The number of carboxylic acids is 1. The lowest BCUT2D eigenvalue weighted by Gasteiger charge is -2.10. The van der Waals surface area contributed by atoms with Crippen LogP contribution >= 0.6 is 0 Å². The molecule has 0 fully saturated rings. The van der Waals surface area contributed by atoms with Crippen molar-refractivity contribution >= 4 is 16.9 Å². The van der Waals surface area contributed by atoms with Crippen molar-refractivity contribution in [3.63, 3.8) is 0 Å². The summed E-state index contributed by atoms with van der Waals surface area (Å²) in [5.74, 6) is -1.66. The monoisotopic (exact) mass is 236 g/mol. The number of aromatic nitrogens is 2. The van der Waals surface area contributed by atoms with Gasteiger partial charge in [0.2, 0.25) is 0 Å². The Bertz CT molecular complexity index is 577. The molecule has 1 N–H and O–H groups in total. The Hall–Kier alpha value is -1.91. The Morgan fingerprint density at radius 2 is 2.29 bits per heavy atom. The molecule has 0 aliphatic carbocycles. The minimum absolute atomic E-state index is 0.0807. The number of hydrogen-bond acceptors (Lipinski definition) is 2. The Labute approximate surface area is 97.7 Å². The van der Waals surface area contributed by atoms with Crippen LogP contribution in [0.5, 0.6) is 0 Å². The molecule has 0 amide bonds. The van der Waals surface area contributed by atoms with E-state index >= 15 is 0 Å². The molecule has 2 aromatic rings. The molecule has 1 heterocycles. The normalized spacial score (nSPS) is 12.9. The van der Waals surface area contributed by atoms with Gasteiger partial charge >= 0.3 is 5.97 Å². The van der Waals surface area contributed by atoms with Gasteiger partial charge in [-0.05, 0) is 17.5 Å². The van der Waals surface area contributed by atoms with E-state index in [1.807, 2.05) is 0 Å². The van der Waals surface area contributed by atoms with Crippen molar-refractivity contribution in [2.24, 2.45) is 7.05 Å². The van der Waals surface area contributed by atoms with Crippen LogP contribution in [0, 0.1) is 5.82 Å². The van der Waals surface area contributed by atoms with Crippen molar-refractivity contribution in [2.75, 3.05) is 0 Å². The van der Waals surface area contributed by atoms with Gasteiger partial charge in [-0.2, -0.15) is 5.10 Å².